The molecule has 1 heterocycles. The maximum absolute atomic E-state index is 11.9. The zero-order chi connectivity index (χ0) is 13.3. The van der Waals surface area contributed by atoms with Crippen molar-refractivity contribution in [2.75, 3.05) is 6.61 Å². The van der Waals surface area contributed by atoms with E-state index in [1.807, 2.05) is 13.8 Å². The Morgan fingerprint density at radius 1 is 1.50 bits per heavy atom. The normalized spacial score (nSPS) is 18.8. The first kappa shape index (κ1) is 12.9. The van der Waals surface area contributed by atoms with E-state index in [2.05, 4.69) is 0 Å². The number of rotatable bonds is 3. The van der Waals surface area contributed by atoms with Crippen LogP contribution in [0.4, 0.5) is 0 Å². The lowest BCUT2D eigenvalue weighted by atomic mass is 9.93. The predicted octanol–water partition coefficient (Wildman–Crippen LogP) is 2.19. The quantitative estimate of drug-likeness (QED) is 0.893. The van der Waals surface area contributed by atoms with Crippen LogP contribution in [0.3, 0.4) is 0 Å². The van der Waals surface area contributed by atoms with E-state index in [4.69, 9.17) is 14.6 Å². The molecule has 0 spiro atoms. The van der Waals surface area contributed by atoms with Crippen LogP contribution in [0.25, 0.3) is 0 Å². The molecule has 0 saturated heterocycles. The van der Waals surface area contributed by atoms with Gasteiger partial charge in [0.25, 0.3) is 0 Å². The highest BCUT2D eigenvalue weighted by atomic mass is 16.5. The largest absolute Gasteiger partial charge is 0.488 e. The van der Waals surface area contributed by atoms with Crippen LogP contribution in [0.2, 0.25) is 0 Å². The van der Waals surface area contributed by atoms with Crippen molar-refractivity contribution in [3.8, 4) is 11.5 Å². The predicted molar refractivity (Wildman–Crippen MR) is 67.3 cm³/mol. The Labute approximate surface area is 107 Å². The number of fused-ring (bicyclic) bond motifs is 1. The van der Waals surface area contributed by atoms with E-state index < -0.39 is 5.60 Å². The lowest BCUT2D eigenvalue weighted by Crippen LogP contribution is -2.35. The standard InChI is InChI=1S/C14H18O4/c1-9(8-15)17-10-4-5-11-12(16)7-14(2,3)18-13(11)6-10/h4-6,9,15H,7-8H2,1-3H3. The first-order chi connectivity index (χ1) is 8.41. The molecule has 1 aromatic carbocycles. The molecule has 0 amide bonds. The minimum atomic E-state index is -0.481. The van der Waals surface area contributed by atoms with Crippen LogP contribution in [-0.4, -0.2) is 29.2 Å². The Kier molecular flexibility index (Phi) is 3.30. The third-order valence-electron chi connectivity index (χ3n) is 2.82. The van der Waals surface area contributed by atoms with E-state index >= 15 is 0 Å². The van der Waals surface area contributed by atoms with E-state index in [0.717, 1.165) is 0 Å². The summed E-state index contributed by atoms with van der Waals surface area (Å²) in [5.41, 5.74) is 0.115. The van der Waals surface area contributed by atoms with Crippen LogP contribution < -0.4 is 9.47 Å². The van der Waals surface area contributed by atoms with Crippen molar-refractivity contribution in [1.29, 1.82) is 0 Å². The summed E-state index contributed by atoms with van der Waals surface area (Å²) in [6.45, 7) is 5.49. The number of hydrogen-bond acceptors (Lipinski definition) is 4. The number of aliphatic hydroxyl groups excluding tert-OH is 1. The number of carbonyl (C=O) groups excluding carboxylic acids is 1. The molecule has 0 saturated carbocycles. The third-order valence-corrected chi connectivity index (χ3v) is 2.82. The SMILES string of the molecule is CC(CO)Oc1ccc2c(c1)OC(C)(C)CC2=O. The molecule has 0 fully saturated rings. The monoisotopic (exact) mass is 250 g/mol. The van der Waals surface area contributed by atoms with Crippen molar-refractivity contribution in [3.05, 3.63) is 23.8 Å². The summed E-state index contributed by atoms with van der Waals surface area (Å²) in [5.74, 6) is 1.24. The van der Waals surface area contributed by atoms with Gasteiger partial charge in [0.2, 0.25) is 0 Å². The fourth-order valence-corrected chi connectivity index (χ4v) is 1.98. The molecule has 0 aromatic heterocycles. The van der Waals surface area contributed by atoms with Crippen molar-refractivity contribution < 1.29 is 19.4 Å². The Hall–Kier alpha value is -1.55. The number of aliphatic hydroxyl groups is 1. The number of carbonyl (C=O) groups is 1. The molecule has 0 bridgehead atoms. The number of hydrogen-bond donors (Lipinski definition) is 1. The van der Waals surface area contributed by atoms with Crippen LogP contribution >= 0.6 is 0 Å². The molecule has 0 radical (unpaired) electrons. The maximum atomic E-state index is 11.9. The van der Waals surface area contributed by atoms with Gasteiger partial charge < -0.3 is 14.6 Å². The van der Waals surface area contributed by atoms with Gasteiger partial charge in [-0.05, 0) is 32.9 Å². The summed E-state index contributed by atoms with van der Waals surface area (Å²) in [7, 11) is 0. The van der Waals surface area contributed by atoms with E-state index in [-0.39, 0.29) is 18.5 Å². The smallest absolute Gasteiger partial charge is 0.170 e. The summed E-state index contributed by atoms with van der Waals surface area (Å²) in [6.07, 6.45) is 0.100. The van der Waals surface area contributed by atoms with E-state index in [9.17, 15) is 4.79 Å². The van der Waals surface area contributed by atoms with Crippen molar-refractivity contribution in [3.63, 3.8) is 0 Å². The van der Waals surface area contributed by atoms with Gasteiger partial charge >= 0.3 is 0 Å². The molecule has 98 valence electrons. The number of ketones is 1. The molecule has 0 aliphatic carbocycles. The average Bonchev–Trinajstić information content (AvgIpc) is 2.26. The van der Waals surface area contributed by atoms with E-state index in [1.54, 1.807) is 25.1 Å². The lowest BCUT2D eigenvalue weighted by Gasteiger charge is -2.31. The van der Waals surface area contributed by atoms with Gasteiger partial charge in [0.1, 0.15) is 23.2 Å². The van der Waals surface area contributed by atoms with Crippen LogP contribution in [0, 0.1) is 0 Å². The minimum Gasteiger partial charge on any atom is -0.488 e. The zero-order valence-corrected chi connectivity index (χ0v) is 10.9. The van der Waals surface area contributed by atoms with Gasteiger partial charge in [0.15, 0.2) is 5.78 Å². The van der Waals surface area contributed by atoms with Crippen LogP contribution in [-0.2, 0) is 0 Å². The van der Waals surface area contributed by atoms with Gasteiger partial charge in [-0.1, -0.05) is 0 Å². The second-order valence-corrected chi connectivity index (χ2v) is 5.23. The number of Topliss-reactive ketones (excluding diaryl/α,β-unsaturated/α-hetero) is 1. The van der Waals surface area contributed by atoms with Gasteiger partial charge in [0, 0.05) is 6.07 Å². The number of ether oxygens (including phenoxy) is 2. The van der Waals surface area contributed by atoms with Gasteiger partial charge in [-0.25, -0.2) is 0 Å². The van der Waals surface area contributed by atoms with Gasteiger partial charge in [-0.15, -0.1) is 0 Å². The second-order valence-electron chi connectivity index (χ2n) is 5.23. The maximum Gasteiger partial charge on any atom is 0.170 e. The Morgan fingerprint density at radius 3 is 2.89 bits per heavy atom. The molecule has 18 heavy (non-hydrogen) atoms. The van der Waals surface area contributed by atoms with Gasteiger partial charge in [-0.2, -0.15) is 0 Å². The molecular weight excluding hydrogens is 232 g/mol. The highest BCUT2D eigenvalue weighted by molar-refractivity contribution is 6.00. The highest BCUT2D eigenvalue weighted by Crippen LogP contribution is 2.35. The third kappa shape index (κ3) is 2.64. The molecule has 1 aliphatic heterocycles. The molecule has 1 aromatic rings. The summed E-state index contributed by atoms with van der Waals surface area (Å²) in [6, 6.07) is 5.15. The van der Waals surface area contributed by atoms with Gasteiger partial charge in [0.05, 0.1) is 18.6 Å². The fraction of sp³-hybridized carbons (Fsp3) is 0.500. The summed E-state index contributed by atoms with van der Waals surface area (Å²) in [5, 5.41) is 8.95. The fourth-order valence-electron chi connectivity index (χ4n) is 1.98. The summed E-state index contributed by atoms with van der Waals surface area (Å²) in [4.78, 5) is 11.9. The zero-order valence-electron chi connectivity index (χ0n) is 10.9. The molecule has 4 nitrogen and oxygen atoms in total. The van der Waals surface area contributed by atoms with Crippen LogP contribution in [0.5, 0.6) is 11.5 Å². The van der Waals surface area contributed by atoms with Crippen molar-refractivity contribution in [1.82, 2.24) is 0 Å². The van der Waals surface area contributed by atoms with Crippen molar-refractivity contribution in [2.45, 2.75) is 38.9 Å². The lowest BCUT2D eigenvalue weighted by molar-refractivity contribution is 0.0615. The molecule has 1 unspecified atom stereocenters. The molecule has 1 N–H and O–H groups in total. The second kappa shape index (κ2) is 4.61. The minimum absolute atomic E-state index is 0.0532. The van der Waals surface area contributed by atoms with Gasteiger partial charge in [-0.3, -0.25) is 4.79 Å². The van der Waals surface area contributed by atoms with Crippen molar-refractivity contribution >= 4 is 5.78 Å². The van der Waals surface area contributed by atoms with Crippen LogP contribution in [0.1, 0.15) is 37.6 Å². The molecule has 2 rings (SSSR count). The highest BCUT2D eigenvalue weighted by Gasteiger charge is 2.32. The van der Waals surface area contributed by atoms with E-state index in [1.165, 1.54) is 0 Å². The number of benzene rings is 1. The Balaban J connectivity index is 2.28. The summed E-state index contributed by atoms with van der Waals surface area (Å²) >= 11 is 0. The van der Waals surface area contributed by atoms with Crippen molar-refractivity contribution in [2.24, 2.45) is 0 Å². The Bertz CT molecular complexity index is 465. The molecular formula is C14H18O4. The molecule has 4 heteroatoms. The van der Waals surface area contributed by atoms with Crippen LogP contribution in [0.15, 0.2) is 18.2 Å². The molecule has 1 aliphatic rings. The topological polar surface area (TPSA) is 55.8 Å². The first-order valence-electron chi connectivity index (χ1n) is 6.05. The molecule has 1 atom stereocenters. The Morgan fingerprint density at radius 2 is 2.22 bits per heavy atom. The first-order valence-corrected chi connectivity index (χ1v) is 6.05. The summed E-state index contributed by atoms with van der Waals surface area (Å²) < 4.78 is 11.3. The van der Waals surface area contributed by atoms with E-state index in [0.29, 0.717) is 23.5 Å². The average molecular weight is 250 g/mol.